The maximum atomic E-state index is 9.41. The van der Waals surface area contributed by atoms with Gasteiger partial charge in [-0.2, -0.15) is 0 Å². The van der Waals surface area contributed by atoms with Crippen LogP contribution in [0.3, 0.4) is 0 Å². The second kappa shape index (κ2) is 3.72. The van der Waals surface area contributed by atoms with Gasteiger partial charge in [0, 0.05) is 5.56 Å². The van der Waals surface area contributed by atoms with Crippen molar-refractivity contribution in [3.8, 4) is 5.75 Å². The van der Waals surface area contributed by atoms with E-state index in [-0.39, 0.29) is 5.75 Å². The zero-order valence-corrected chi connectivity index (χ0v) is 6.99. The molecule has 1 aromatic rings. The van der Waals surface area contributed by atoms with Gasteiger partial charge >= 0.3 is 0 Å². The molecule has 1 N–H and O–H groups in total. The Morgan fingerprint density at radius 2 is 2.17 bits per heavy atom. The van der Waals surface area contributed by atoms with E-state index in [0.29, 0.717) is 5.70 Å². The van der Waals surface area contributed by atoms with Gasteiger partial charge in [0.2, 0.25) is 0 Å². The Kier molecular flexibility index (Phi) is 2.64. The molecule has 0 aromatic heterocycles. The van der Waals surface area contributed by atoms with Gasteiger partial charge in [-0.25, -0.2) is 0 Å². The van der Waals surface area contributed by atoms with E-state index in [1.807, 2.05) is 19.1 Å². The number of phenols is 1. The smallest absolute Gasteiger partial charge is 0.124 e. The number of benzene rings is 1. The predicted molar refractivity (Wildman–Crippen MR) is 51.3 cm³/mol. The molecule has 0 amide bonds. The Morgan fingerprint density at radius 1 is 1.50 bits per heavy atom. The number of hydrogen-bond acceptors (Lipinski definition) is 2. The van der Waals surface area contributed by atoms with Crippen LogP contribution in [0.5, 0.6) is 5.75 Å². The molecular weight excluding hydrogens is 150 g/mol. The number of allylic oxidation sites excluding steroid dienone is 1. The summed E-state index contributed by atoms with van der Waals surface area (Å²) in [6.45, 7) is 5.28. The summed E-state index contributed by atoms with van der Waals surface area (Å²) in [7, 11) is 0. The lowest BCUT2D eigenvalue weighted by atomic mass is 10.1. The van der Waals surface area contributed by atoms with Crippen LogP contribution in [0, 0.1) is 0 Å². The van der Waals surface area contributed by atoms with Crippen molar-refractivity contribution >= 4 is 12.4 Å². The first-order valence-electron chi connectivity index (χ1n) is 3.71. The van der Waals surface area contributed by atoms with Crippen molar-refractivity contribution < 1.29 is 5.11 Å². The van der Waals surface area contributed by atoms with Crippen LogP contribution < -0.4 is 0 Å². The molecule has 0 aliphatic rings. The summed E-state index contributed by atoms with van der Waals surface area (Å²) >= 11 is 0. The number of para-hydroxylation sites is 1. The third-order valence-electron chi connectivity index (χ3n) is 1.62. The third-order valence-corrected chi connectivity index (χ3v) is 1.62. The van der Waals surface area contributed by atoms with E-state index in [9.17, 15) is 5.11 Å². The summed E-state index contributed by atoms with van der Waals surface area (Å²) in [4.78, 5) is 3.79. The minimum absolute atomic E-state index is 0.234. The Labute approximate surface area is 71.9 Å². The normalized spacial score (nSPS) is 11.2. The molecule has 2 heteroatoms. The minimum Gasteiger partial charge on any atom is -0.507 e. The quantitative estimate of drug-likeness (QED) is 0.664. The van der Waals surface area contributed by atoms with E-state index in [2.05, 4.69) is 11.7 Å². The van der Waals surface area contributed by atoms with Crippen LogP contribution in [0.15, 0.2) is 35.3 Å². The number of nitrogens with zero attached hydrogens (tertiary/aromatic N) is 1. The topological polar surface area (TPSA) is 32.6 Å². The predicted octanol–water partition coefficient (Wildman–Crippen LogP) is 2.45. The number of phenolic OH excluding ortho intramolecular Hbond substituents is 1. The van der Waals surface area contributed by atoms with Crippen LogP contribution in [0.25, 0.3) is 5.70 Å². The van der Waals surface area contributed by atoms with E-state index in [4.69, 9.17) is 0 Å². The Bertz CT molecular complexity index is 315. The van der Waals surface area contributed by atoms with E-state index in [1.165, 1.54) is 0 Å². The second-order valence-corrected chi connectivity index (χ2v) is 2.35. The zero-order chi connectivity index (χ0) is 8.97. The molecule has 0 heterocycles. The molecule has 0 atom stereocenters. The van der Waals surface area contributed by atoms with Crippen LogP contribution in [0.2, 0.25) is 0 Å². The first-order valence-corrected chi connectivity index (χ1v) is 3.71. The Morgan fingerprint density at radius 3 is 2.67 bits per heavy atom. The van der Waals surface area contributed by atoms with Crippen LogP contribution in [0.1, 0.15) is 12.5 Å². The van der Waals surface area contributed by atoms with Gasteiger partial charge in [-0.05, 0) is 25.8 Å². The fourth-order valence-electron chi connectivity index (χ4n) is 1.02. The summed E-state index contributed by atoms with van der Waals surface area (Å²) < 4.78 is 0. The highest BCUT2D eigenvalue weighted by molar-refractivity contribution is 5.71. The molecule has 0 saturated heterocycles. The average molecular weight is 161 g/mol. The highest BCUT2D eigenvalue weighted by Gasteiger charge is 2.01. The molecule has 1 rings (SSSR count). The third kappa shape index (κ3) is 1.53. The monoisotopic (exact) mass is 161 g/mol. The number of hydrogen-bond donors (Lipinski definition) is 1. The molecule has 0 unspecified atom stereocenters. The molecular formula is C10H11NO. The van der Waals surface area contributed by atoms with Crippen molar-refractivity contribution in [2.24, 2.45) is 4.99 Å². The minimum atomic E-state index is 0.234. The average Bonchev–Trinajstić information content (AvgIpc) is 2.10. The first kappa shape index (κ1) is 8.53. The van der Waals surface area contributed by atoms with Crippen LogP contribution >= 0.6 is 0 Å². The molecule has 12 heavy (non-hydrogen) atoms. The molecule has 0 spiro atoms. The number of aromatic hydroxyl groups is 1. The van der Waals surface area contributed by atoms with Gasteiger partial charge in [-0.1, -0.05) is 18.2 Å². The molecule has 0 aliphatic heterocycles. The molecule has 0 radical (unpaired) electrons. The van der Waals surface area contributed by atoms with Crippen molar-refractivity contribution in [3.63, 3.8) is 0 Å². The van der Waals surface area contributed by atoms with Crippen LogP contribution in [-0.4, -0.2) is 11.8 Å². The summed E-state index contributed by atoms with van der Waals surface area (Å²) in [6, 6.07) is 7.06. The van der Waals surface area contributed by atoms with Gasteiger partial charge in [0.25, 0.3) is 0 Å². The molecule has 62 valence electrons. The van der Waals surface area contributed by atoms with Gasteiger partial charge in [0.1, 0.15) is 5.75 Å². The van der Waals surface area contributed by atoms with Crippen molar-refractivity contribution in [3.05, 3.63) is 35.9 Å². The second-order valence-electron chi connectivity index (χ2n) is 2.35. The molecule has 1 aromatic carbocycles. The molecule has 2 nitrogen and oxygen atoms in total. The number of rotatable bonds is 2. The summed E-state index contributed by atoms with van der Waals surface area (Å²) in [5.41, 5.74) is 1.42. The van der Waals surface area contributed by atoms with Crippen molar-refractivity contribution in [2.45, 2.75) is 6.92 Å². The summed E-state index contributed by atoms with van der Waals surface area (Å²) in [5.74, 6) is 0.234. The molecule has 0 fully saturated rings. The molecule has 0 bridgehead atoms. The molecule has 0 saturated carbocycles. The fraction of sp³-hybridized carbons (Fsp3) is 0.100. The SMILES string of the molecule is C=N/C(=C\C)c1ccccc1O. The fourth-order valence-corrected chi connectivity index (χ4v) is 1.02. The first-order chi connectivity index (χ1) is 5.79. The van der Waals surface area contributed by atoms with Gasteiger partial charge in [0.05, 0.1) is 5.70 Å². The van der Waals surface area contributed by atoms with Gasteiger partial charge < -0.3 is 5.11 Å². The Balaban J connectivity index is 3.18. The van der Waals surface area contributed by atoms with Crippen molar-refractivity contribution in [1.29, 1.82) is 0 Å². The molecule has 0 aliphatic carbocycles. The van der Waals surface area contributed by atoms with Crippen molar-refractivity contribution in [2.75, 3.05) is 0 Å². The standard InChI is InChI=1S/C10H11NO/c1-3-9(11-2)8-6-4-5-7-10(8)12/h3-7,12H,2H2,1H3/b9-3-. The number of aliphatic imine (C=N–C) groups is 1. The van der Waals surface area contributed by atoms with Crippen molar-refractivity contribution in [1.82, 2.24) is 0 Å². The lowest BCUT2D eigenvalue weighted by Gasteiger charge is -2.02. The maximum Gasteiger partial charge on any atom is 0.124 e. The summed E-state index contributed by atoms with van der Waals surface area (Å²) in [5, 5.41) is 9.41. The van der Waals surface area contributed by atoms with Gasteiger partial charge in [0.15, 0.2) is 0 Å². The van der Waals surface area contributed by atoms with E-state index >= 15 is 0 Å². The lowest BCUT2D eigenvalue weighted by Crippen LogP contribution is -1.80. The highest BCUT2D eigenvalue weighted by atomic mass is 16.3. The largest absolute Gasteiger partial charge is 0.507 e. The van der Waals surface area contributed by atoms with Crippen LogP contribution in [-0.2, 0) is 0 Å². The Hall–Kier alpha value is -1.57. The lowest BCUT2D eigenvalue weighted by molar-refractivity contribution is 0.473. The van der Waals surface area contributed by atoms with E-state index in [0.717, 1.165) is 5.56 Å². The van der Waals surface area contributed by atoms with Crippen LogP contribution in [0.4, 0.5) is 0 Å². The highest BCUT2D eigenvalue weighted by Crippen LogP contribution is 2.24. The van der Waals surface area contributed by atoms with Gasteiger partial charge in [-0.15, -0.1) is 0 Å². The maximum absolute atomic E-state index is 9.41. The van der Waals surface area contributed by atoms with E-state index in [1.54, 1.807) is 18.2 Å². The summed E-state index contributed by atoms with van der Waals surface area (Å²) in [6.07, 6.45) is 1.81. The zero-order valence-electron chi connectivity index (χ0n) is 6.99. The van der Waals surface area contributed by atoms with Gasteiger partial charge in [-0.3, -0.25) is 4.99 Å². The van der Waals surface area contributed by atoms with E-state index < -0.39 is 0 Å².